The number of carbonyl (C=O) groups is 1. The molecular weight excluding hydrogens is 315 g/mol. The largest absolute Gasteiger partial charge is 0.478 e. The summed E-state index contributed by atoms with van der Waals surface area (Å²) in [6, 6.07) is 8.02. The van der Waals surface area contributed by atoms with E-state index in [0.29, 0.717) is 0 Å². The van der Waals surface area contributed by atoms with E-state index in [1.165, 1.54) is 12.8 Å². The van der Waals surface area contributed by atoms with Crippen LogP contribution in [0.2, 0.25) is 0 Å². The monoisotopic (exact) mass is 344 g/mol. The molecule has 136 valence electrons. The summed E-state index contributed by atoms with van der Waals surface area (Å²) < 4.78 is 11.2. The molecule has 0 aliphatic rings. The Morgan fingerprint density at radius 2 is 1.36 bits per heavy atom. The molecule has 0 bridgehead atoms. The Hall–Kier alpha value is -2.68. The fourth-order valence-corrected chi connectivity index (χ4v) is 1.52. The molecule has 0 heterocycles. The third-order valence-electron chi connectivity index (χ3n) is 2.97. The Morgan fingerprint density at radius 1 is 0.960 bits per heavy atom. The van der Waals surface area contributed by atoms with E-state index in [1.54, 1.807) is 0 Å². The lowest BCUT2D eigenvalue weighted by molar-refractivity contribution is -0.132. The average Bonchev–Trinajstić information content (AvgIpc) is 2.65. The van der Waals surface area contributed by atoms with Crippen molar-refractivity contribution in [3.05, 3.63) is 86.0 Å². The fourth-order valence-electron chi connectivity index (χ4n) is 1.52. The molecule has 0 spiro atoms. The molecule has 0 aliphatic carbocycles. The summed E-state index contributed by atoms with van der Waals surface area (Å²) in [5.41, 5.74) is 1.87. The summed E-state index contributed by atoms with van der Waals surface area (Å²) in [4.78, 5) is 9.59. The number of allylic oxidation sites excluding steroid dienone is 2. The molecule has 0 amide bonds. The van der Waals surface area contributed by atoms with Crippen molar-refractivity contribution in [1.82, 2.24) is 0 Å². The molecule has 2 nitrogen and oxygen atoms in total. The first-order valence-electron chi connectivity index (χ1n) is 8.01. The summed E-state index contributed by atoms with van der Waals surface area (Å²) in [7, 11) is 0. The number of aliphatic carboxylic acids is 1. The lowest BCUT2D eigenvalue weighted by atomic mass is 10.1. The van der Waals surface area contributed by atoms with Crippen molar-refractivity contribution in [2.45, 2.75) is 25.7 Å². The second-order valence-corrected chi connectivity index (χ2v) is 4.94. The fraction of sp³-hybridized carbons (Fsp3) is 0.227. The number of rotatable bonds is 9. The second kappa shape index (κ2) is 17.7. The highest BCUT2D eigenvalue weighted by molar-refractivity contribution is 5.85. The Morgan fingerprint density at radius 3 is 1.56 bits per heavy atom. The zero-order valence-corrected chi connectivity index (χ0v) is 14.9. The minimum absolute atomic E-state index is 0.403. The van der Waals surface area contributed by atoms with Crippen LogP contribution in [-0.2, 0) is 4.79 Å². The molecule has 1 aromatic rings. The van der Waals surface area contributed by atoms with Gasteiger partial charge in [0, 0.05) is 0 Å². The SMILES string of the molecule is C=C(CF)C(=O)O.C=CCCCCC=C.C=Cc1ccccc1C=C. The van der Waals surface area contributed by atoms with Crippen molar-refractivity contribution < 1.29 is 14.3 Å². The van der Waals surface area contributed by atoms with Crippen molar-refractivity contribution >= 4 is 18.1 Å². The quantitative estimate of drug-likeness (QED) is 0.316. The Labute approximate surface area is 151 Å². The molecule has 0 saturated carbocycles. The van der Waals surface area contributed by atoms with Crippen LogP contribution in [0.1, 0.15) is 36.8 Å². The molecule has 0 aromatic heterocycles. The Balaban J connectivity index is 0. The van der Waals surface area contributed by atoms with Gasteiger partial charge in [-0.05, 0) is 36.8 Å². The van der Waals surface area contributed by atoms with E-state index in [1.807, 2.05) is 48.6 Å². The summed E-state index contributed by atoms with van der Waals surface area (Å²) in [6.45, 7) is 16.6. The van der Waals surface area contributed by atoms with Crippen LogP contribution >= 0.6 is 0 Å². The van der Waals surface area contributed by atoms with Gasteiger partial charge in [-0.25, -0.2) is 9.18 Å². The standard InChI is InChI=1S/C10H10.C8H14.C4H5FO2/c1-3-9-7-5-6-8-10(9)4-2;1-3-5-7-8-6-4-2;1-3(2-5)4(6)7/h3-8H,1-2H2;3-4H,1-2,5-8H2;1-2H2,(H,6,7). The molecule has 0 aliphatic heterocycles. The molecule has 3 heteroatoms. The summed E-state index contributed by atoms with van der Waals surface area (Å²) in [6.07, 6.45) is 12.4. The molecule has 1 N–H and O–H groups in total. The van der Waals surface area contributed by atoms with Crippen molar-refractivity contribution in [2.24, 2.45) is 0 Å². The lowest BCUT2D eigenvalue weighted by Gasteiger charge is -1.96. The summed E-state index contributed by atoms with van der Waals surface area (Å²) in [5.74, 6) is -1.28. The van der Waals surface area contributed by atoms with Gasteiger partial charge in [0.1, 0.15) is 6.67 Å². The van der Waals surface area contributed by atoms with Crippen molar-refractivity contribution in [1.29, 1.82) is 0 Å². The van der Waals surface area contributed by atoms with Gasteiger partial charge in [-0.2, -0.15) is 0 Å². The number of carboxylic acids is 1. The van der Waals surface area contributed by atoms with Gasteiger partial charge in [0.05, 0.1) is 5.57 Å². The maximum atomic E-state index is 11.2. The van der Waals surface area contributed by atoms with E-state index in [4.69, 9.17) is 5.11 Å². The highest BCUT2D eigenvalue weighted by Gasteiger charge is 1.99. The van der Waals surface area contributed by atoms with Crippen LogP contribution < -0.4 is 0 Å². The highest BCUT2D eigenvalue weighted by Crippen LogP contribution is 2.10. The number of halogens is 1. The van der Waals surface area contributed by atoms with E-state index in [2.05, 4.69) is 32.9 Å². The normalized spacial score (nSPS) is 8.52. The van der Waals surface area contributed by atoms with Gasteiger partial charge in [0.2, 0.25) is 0 Å². The van der Waals surface area contributed by atoms with Crippen LogP contribution in [0.25, 0.3) is 12.2 Å². The summed E-state index contributed by atoms with van der Waals surface area (Å²) in [5, 5.41) is 7.84. The van der Waals surface area contributed by atoms with E-state index in [0.717, 1.165) is 24.0 Å². The van der Waals surface area contributed by atoms with E-state index in [9.17, 15) is 9.18 Å². The second-order valence-electron chi connectivity index (χ2n) is 4.94. The predicted molar refractivity (Wildman–Crippen MR) is 108 cm³/mol. The maximum Gasteiger partial charge on any atom is 0.333 e. The first-order chi connectivity index (χ1) is 12.0. The van der Waals surface area contributed by atoms with Gasteiger partial charge in [-0.3, -0.25) is 0 Å². The number of carboxylic acid groups (broad SMARTS) is 1. The third kappa shape index (κ3) is 14.6. The molecule has 0 unspecified atom stereocenters. The number of unbranched alkanes of at least 4 members (excludes halogenated alkanes) is 3. The molecule has 0 saturated heterocycles. The minimum Gasteiger partial charge on any atom is -0.478 e. The molecule has 0 atom stereocenters. The first kappa shape index (κ1) is 24.6. The lowest BCUT2D eigenvalue weighted by Crippen LogP contribution is -1.99. The smallest absolute Gasteiger partial charge is 0.333 e. The average molecular weight is 344 g/mol. The van der Waals surface area contributed by atoms with Crippen molar-refractivity contribution in [2.75, 3.05) is 6.67 Å². The van der Waals surface area contributed by atoms with Crippen LogP contribution in [0, 0.1) is 0 Å². The Bertz CT molecular complexity index is 522. The van der Waals surface area contributed by atoms with Gasteiger partial charge >= 0.3 is 5.97 Å². The molecule has 25 heavy (non-hydrogen) atoms. The van der Waals surface area contributed by atoms with Crippen LogP contribution in [-0.4, -0.2) is 17.8 Å². The van der Waals surface area contributed by atoms with Gasteiger partial charge in [-0.1, -0.05) is 68.3 Å². The van der Waals surface area contributed by atoms with Crippen LogP contribution in [0.4, 0.5) is 4.39 Å². The topological polar surface area (TPSA) is 37.3 Å². The highest BCUT2D eigenvalue weighted by atomic mass is 19.1. The van der Waals surface area contributed by atoms with Gasteiger partial charge in [-0.15, -0.1) is 13.2 Å². The first-order valence-corrected chi connectivity index (χ1v) is 8.01. The predicted octanol–water partition coefficient (Wildman–Crippen LogP) is 6.49. The van der Waals surface area contributed by atoms with Crippen molar-refractivity contribution in [3.8, 4) is 0 Å². The number of benzene rings is 1. The zero-order chi connectivity index (χ0) is 19.5. The van der Waals surface area contributed by atoms with Crippen molar-refractivity contribution in [3.63, 3.8) is 0 Å². The molecule has 1 aromatic carbocycles. The zero-order valence-electron chi connectivity index (χ0n) is 14.9. The molecule has 0 fully saturated rings. The molecule has 1 rings (SSSR count). The van der Waals surface area contributed by atoms with E-state index >= 15 is 0 Å². The molecule has 0 radical (unpaired) electrons. The summed E-state index contributed by atoms with van der Waals surface area (Å²) >= 11 is 0. The number of alkyl halides is 1. The van der Waals surface area contributed by atoms with E-state index < -0.39 is 18.2 Å². The maximum absolute atomic E-state index is 11.2. The Kier molecular flexibility index (Phi) is 17.4. The molecular formula is C22H29FO2. The van der Waals surface area contributed by atoms with E-state index in [-0.39, 0.29) is 0 Å². The minimum atomic E-state index is -1.28. The number of hydrogen-bond donors (Lipinski definition) is 1. The van der Waals surface area contributed by atoms with Crippen LogP contribution in [0.3, 0.4) is 0 Å². The number of hydrogen-bond acceptors (Lipinski definition) is 1. The van der Waals surface area contributed by atoms with Gasteiger partial charge in [0.25, 0.3) is 0 Å². The van der Waals surface area contributed by atoms with Crippen LogP contribution in [0.15, 0.2) is 74.9 Å². The van der Waals surface area contributed by atoms with Gasteiger partial charge in [0.15, 0.2) is 0 Å². The van der Waals surface area contributed by atoms with Crippen LogP contribution in [0.5, 0.6) is 0 Å². The third-order valence-corrected chi connectivity index (χ3v) is 2.97. The van der Waals surface area contributed by atoms with Gasteiger partial charge < -0.3 is 5.11 Å².